The highest BCUT2D eigenvalue weighted by Crippen LogP contribution is 2.25. The van der Waals surface area contributed by atoms with Crippen LogP contribution in [0, 0.1) is 0 Å². The quantitative estimate of drug-likeness (QED) is 0.348. The number of hydrogen-bond donors (Lipinski definition) is 1. The summed E-state index contributed by atoms with van der Waals surface area (Å²) in [6.07, 6.45) is -2.57. The first-order valence-corrected chi connectivity index (χ1v) is 8.03. The summed E-state index contributed by atoms with van der Waals surface area (Å²) in [6.45, 7) is 0. The third-order valence-electron chi connectivity index (χ3n) is 3.71. The number of carbonyl (C=O) groups is 1. The van der Waals surface area contributed by atoms with Crippen molar-refractivity contribution in [2.24, 2.45) is 0 Å². The topological polar surface area (TPSA) is 55.8 Å². The lowest BCUT2D eigenvalue weighted by atomic mass is 10.1. The number of carbonyl (C=O) groups excluding carboxylic acids is 1. The largest absolute Gasteiger partial charge is 0.508 e. The number of ether oxygens (including phenoxy) is 2. The van der Waals surface area contributed by atoms with E-state index in [0.29, 0.717) is 5.75 Å². The third-order valence-corrected chi connectivity index (χ3v) is 3.71. The van der Waals surface area contributed by atoms with Gasteiger partial charge in [0.15, 0.2) is 0 Å². The van der Waals surface area contributed by atoms with Crippen molar-refractivity contribution in [3.63, 3.8) is 0 Å². The third kappa shape index (κ3) is 4.70. The minimum absolute atomic E-state index is 0.139. The summed E-state index contributed by atoms with van der Waals surface area (Å²) in [5, 5.41) is 9.32. The van der Waals surface area contributed by atoms with Crippen molar-refractivity contribution < 1.29 is 32.5 Å². The van der Waals surface area contributed by atoms with Gasteiger partial charge >= 0.3 is 18.1 Å². The number of aromatic hydroxyl groups is 1. The van der Waals surface area contributed by atoms with Gasteiger partial charge in [0.05, 0.1) is 5.56 Å². The molecule has 0 aliphatic carbocycles. The molecule has 0 radical (unpaired) electrons. The van der Waals surface area contributed by atoms with Gasteiger partial charge in [0.1, 0.15) is 17.2 Å². The van der Waals surface area contributed by atoms with E-state index in [1.165, 1.54) is 24.3 Å². The maximum absolute atomic E-state index is 12.7. The number of halogens is 3. The molecule has 0 unspecified atom stereocenters. The Hall–Kier alpha value is -3.74. The molecule has 1 N–H and O–H groups in total. The van der Waals surface area contributed by atoms with Gasteiger partial charge in [0.25, 0.3) is 0 Å². The molecule has 0 amide bonds. The normalized spacial score (nSPS) is 10.2. The standard InChI is InChI=1S/C21H13F3O4/c22-19(23)20(24)27-17-11-5-15(6-12-17)21(26)28-18-9-3-14(4-10-18)13-1-7-16(25)8-2-13/h1-12,25H. The van der Waals surface area contributed by atoms with E-state index in [1.807, 2.05) is 0 Å². The number of esters is 1. The van der Waals surface area contributed by atoms with Crippen LogP contribution in [0.15, 0.2) is 84.9 Å². The molecule has 3 aromatic rings. The zero-order valence-corrected chi connectivity index (χ0v) is 14.2. The van der Waals surface area contributed by atoms with Crippen LogP contribution in [0.2, 0.25) is 0 Å². The van der Waals surface area contributed by atoms with Gasteiger partial charge in [-0.25, -0.2) is 4.79 Å². The second kappa shape index (κ2) is 8.30. The highest BCUT2D eigenvalue weighted by atomic mass is 19.3. The molecular formula is C21H13F3O4. The van der Waals surface area contributed by atoms with E-state index >= 15 is 0 Å². The maximum Gasteiger partial charge on any atom is 0.344 e. The summed E-state index contributed by atoms with van der Waals surface area (Å²) < 4.78 is 46.3. The highest BCUT2D eigenvalue weighted by Gasteiger charge is 2.11. The zero-order valence-electron chi connectivity index (χ0n) is 14.2. The van der Waals surface area contributed by atoms with Crippen molar-refractivity contribution in [3.8, 4) is 28.4 Å². The molecule has 3 aromatic carbocycles. The van der Waals surface area contributed by atoms with Crippen molar-refractivity contribution in [3.05, 3.63) is 90.5 Å². The van der Waals surface area contributed by atoms with Gasteiger partial charge in [-0.3, -0.25) is 0 Å². The summed E-state index contributed by atoms with van der Waals surface area (Å²) >= 11 is 0. The number of phenols is 1. The summed E-state index contributed by atoms with van der Waals surface area (Å²) in [4.78, 5) is 12.2. The molecule has 28 heavy (non-hydrogen) atoms. The molecule has 142 valence electrons. The SMILES string of the molecule is O=C(Oc1ccc(-c2ccc(O)cc2)cc1)c1ccc(OC(F)=C(F)F)cc1. The van der Waals surface area contributed by atoms with Gasteiger partial charge in [-0.05, 0) is 59.7 Å². The molecular weight excluding hydrogens is 373 g/mol. The molecule has 0 aliphatic rings. The zero-order chi connectivity index (χ0) is 20.1. The molecule has 7 heteroatoms. The Balaban J connectivity index is 1.66. The molecule has 0 atom stereocenters. The van der Waals surface area contributed by atoms with Crippen LogP contribution in [-0.2, 0) is 0 Å². The molecule has 0 aromatic heterocycles. The van der Waals surface area contributed by atoms with Gasteiger partial charge in [0, 0.05) is 0 Å². The van der Waals surface area contributed by atoms with E-state index in [9.17, 15) is 23.1 Å². The van der Waals surface area contributed by atoms with E-state index in [1.54, 1.807) is 48.5 Å². The van der Waals surface area contributed by atoms with Crippen LogP contribution < -0.4 is 9.47 Å². The van der Waals surface area contributed by atoms with E-state index in [0.717, 1.165) is 11.1 Å². The fourth-order valence-corrected chi connectivity index (χ4v) is 2.34. The van der Waals surface area contributed by atoms with E-state index in [4.69, 9.17) is 4.74 Å². The Labute approximate surface area is 158 Å². The van der Waals surface area contributed by atoms with Crippen LogP contribution in [0.5, 0.6) is 17.2 Å². The summed E-state index contributed by atoms with van der Waals surface area (Å²) in [5.74, 6) is -0.377. The Bertz CT molecular complexity index is 991. The molecule has 0 aliphatic heterocycles. The first-order valence-electron chi connectivity index (χ1n) is 8.03. The van der Waals surface area contributed by atoms with E-state index in [2.05, 4.69) is 4.74 Å². The molecule has 0 saturated carbocycles. The summed E-state index contributed by atoms with van der Waals surface area (Å²) in [5.41, 5.74) is 1.90. The summed E-state index contributed by atoms with van der Waals surface area (Å²) in [7, 11) is 0. The Kier molecular flexibility index (Phi) is 5.64. The van der Waals surface area contributed by atoms with Crippen LogP contribution in [-0.4, -0.2) is 11.1 Å². The van der Waals surface area contributed by atoms with Gasteiger partial charge in [-0.15, -0.1) is 0 Å². The Morgan fingerprint density at radius 3 is 1.68 bits per heavy atom. The van der Waals surface area contributed by atoms with Gasteiger partial charge in [0.2, 0.25) is 0 Å². The van der Waals surface area contributed by atoms with Gasteiger partial charge in [-0.1, -0.05) is 24.3 Å². The van der Waals surface area contributed by atoms with Crippen LogP contribution in [0.25, 0.3) is 11.1 Å². The monoisotopic (exact) mass is 386 g/mol. The summed E-state index contributed by atoms with van der Waals surface area (Å²) in [6, 6.07) is 16.3. The molecule has 3 rings (SSSR count). The lowest BCUT2D eigenvalue weighted by molar-refractivity contribution is 0.0734. The van der Waals surface area contributed by atoms with Gasteiger partial charge < -0.3 is 14.6 Å². The fraction of sp³-hybridized carbons (Fsp3) is 0. The molecule has 0 saturated heterocycles. The van der Waals surface area contributed by atoms with E-state index < -0.39 is 18.1 Å². The fourth-order valence-electron chi connectivity index (χ4n) is 2.34. The van der Waals surface area contributed by atoms with Crippen LogP contribution in [0.4, 0.5) is 13.2 Å². The predicted octanol–water partition coefficient (Wildman–Crippen LogP) is 5.69. The maximum atomic E-state index is 12.7. The van der Waals surface area contributed by atoms with Crippen molar-refractivity contribution in [1.82, 2.24) is 0 Å². The van der Waals surface area contributed by atoms with Crippen LogP contribution in [0.1, 0.15) is 10.4 Å². The number of hydrogen-bond acceptors (Lipinski definition) is 4. The number of rotatable bonds is 5. The lowest BCUT2D eigenvalue weighted by Crippen LogP contribution is -2.08. The van der Waals surface area contributed by atoms with Crippen LogP contribution >= 0.6 is 0 Å². The molecule has 0 heterocycles. The number of phenolic OH excluding ortho intramolecular Hbond substituents is 1. The highest BCUT2D eigenvalue weighted by molar-refractivity contribution is 5.91. The Morgan fingerprint density at radius 1 is 0.679 bits per heavy atom. The second-order valence-electron chi connectivity index (χ2n) is 5.62. The van der Waals surface area contributed by atoms with Gasteiger partial charge in [-0.2, -0.15) is 13.2 Å². The molecule has 4 nitrogen and oxygen atoms in total. The smallest absolute Gasteiger partial charge is 0.344 e. The Morgan fingerprint density at radius 2 is 1.14 bits per heavy atom. The second-order valence-corrected chi connectivity index (χ2v) is 5.62. The molecule has 0 fully saturated rings. The van der Waals surface area contributed by atoms with Crippen molar-refractivity contribution in [2.45, 2.75) is 0 Å². The predicted molar refractivity (Wildman–Crippen MR) is 95.9 cm³/mol. The van der Waals surface area contributed by atoms with Crippen LogP contribution in [0.3, 0.4) is 0 Å². The minimum atomic E-state index is -2.57. The van der Waals surface area contributed by atoms with Crippen molar-refractivity contribution in [1.29, 1.82) is 0 Å². The van der Waals surface area contributed by atoms with Crippen molar-refractivity contribution >= 4 is 5.97 Å². The first-order chi connectivity index (χ1) is 13.4. The average molecular weight is 386 g/mol. The lowest BCUT2D eigenvalue weighted by Gasteiger charge is -2.07. The first kappa shape index (κ1) is 19.0. The minimum Gasteiger partial charge on any atom is -0.508 e. The molecule has 0 spiro atoms. The number of benzene rings is 3. The van der Waals surface area contributed by atoms with Crippen molar-refractivity contribution in [2.75, 3.05) is 0 Å². The molecule has 0 bridgehead atoms. The van der Waals surface area contributed by atoms with E-state index in [-0.39, 0.29) is 17.1 Å². The average Bonchev–Trinajstić information content (AvgIpc) is 2.69.